The molecule has 0 spiro atoms. The Bertz CT molecular complexity index is 917. The van der Waals surface area contributed by atoms with Crippen LogP contribution in [-0.2, 0) is 9.59 Å². The minimum atomic E-state index is -0.401. The van der Waals surface area contributed by atoms with Crippen LogP contribution < -0.4 is 11.1 Å². The topological polar surface area (TPSA) is 85.1 Å². The Morgan fingerprint density at radius 2 is 1.92 bits per heavy atom. The summed E-state index contributed by atoms with van der Waals surface area (Å²) in [4.78, 5) is 28.4. The molecule has 3 N–H and O–H groups in total. The van der Waals surface area contributed by atoms with Crippen molar-refractivity contribution < 1.29 is 9.59 Å². The zero-order valence-corrected chi connectivity index (χ0v) is 14.8. The van der Waals surface area contributed by atoms with Crippen LogP contribution in [0.5, 0.6) is 0 Å². The van der Waals surface area contributed by atoms with Gasteiger partial charge in [-0.3, -0.25) is 9.59 Å². The molecule has 0 radical (unpaired) electrons. The van der Waals surface area contributed by atoms with Crippen molar-refractivity contribution in [2.45, 2.75) is 4.90 Å². The molecular formula is C18H15N3O2S2. The zero-order valence-electron chi connectivity index (χ0n) is 13.1. The molecule has 1 heterocycles. The second kappa shape index (κ2) is 7.96. The lowest BCUT2D eigenvalue weighted by Crippen LogP contribution is -2.13. The molecule has 0 atom stereocenters. The van der Waals surface area contributed by atoms with E-state index >= 15 is 0 Å². The highest BCUT2D eigenvalue weighted by atomic mass is 32.2. The molecule has 2 amide bonds. The van der Waals surface area contributed by atoms with Gasteiger partial charge in [0.05, 0.1) is 21.7 Å². The number of nitrogens with zero attached hydrogens (tertiary/aromatic N) is 1. The van der Waals surface area contributed by atoms with Gasteiger partial charge in [-0.1, -0.05) is 24.3 Å². The van der Waals surface area contributed by atoms with Crippen molar-refractivity contribution in [1.82, 2.24) is 4.98 Å². The Balaban J connectivity index is 1.69. The van der Waals surface area contributed by atoms with Crippen molar-refractivity contribution >= 4 is 56.9 Å². The summed E-state index contributed by atoms with van der Waals surface area (Å²) >= 11 is 2.82. The average Bonchev–Trinajstić information content (AvgIpc) is 3.02. The van der Waals surface area contributed by atoms with E-state index in [-0.39, 0.29) is 11.7 Å². The van der Waals surface area contributed by atoms with Crippen molar-refractivity contribution in [3.05, 3.63) is 59.6 Å². The summed E-state index contributed by atoms with van der Waals surface area (Å²) in [5, 5.41) is 3.59. The van der Waals surface area contributed by atoms with Gasteiger partial charge in [-0.25, -0.2) is 4.98 Å². The Hall–Kier alpha value is -2.64. The van der Waals surface area contributed by atoms with Gasteiger partial charge in [-0.15, -0.1) is 23.1 Å². The number of nitrogens with two attached hydrogens (primary N) is 1. The van der Waals surface area contributed by atoms with Crippen LogP contribution in [0.3, 0.4) is 0 Å². The molecule has 3 aromatic rings. The average molecular weight is 369 g/mol. The predicted molar refractivity (Wildman–Crippen MR) is 104 cm³/mol. The van der Waals surface area contributed by atoms with Crippen LogP contribution in [0.15, 0.2) is 59.5 Å². The largest absolute Gasteiger partial charge is 0.369 e. The van der Waals surface area contributed by atoms with E-state index in [0.717, 1.165) is 20.1 Å². The number of benzene rings is 2. The molecule has 0 saturated heterocycles. The molecule has 126 valence electrons. The van der Waals surface area contributed by atoms with E-state index < -0.39 is 5.91 Å². The van der Waals surface area contributed by atoms with Crippen LogP contribution in [0, 0.1) is 0 Å². The minimum Gasteiger partial charge on any atom is -0.369 e. The lowest BCUT2D eigenvalue weighted by molar-refractivity contribution is -0.115. The first-order chi connectivity index (χ1) is 12.1. The third-order valence-corrected chi connectivity index (χ3v) is 5.30. The van der Waals surface area contributed by atoms with Gasteiger partial charge in [0.2, 0.25) is 11.8 Å². The van der Waals surface area contributed by atoms with Crippen LogP contribution in [0.25, 0.3) is 16.3 Å². The Morgan fingerprint density at radius 3 is 2.72 bits per heavy atom. The number of rotatable bonds is 6. The van der Waals surface area contributed by atoms with Crippen LogP contribution >= 0.6 is 23.1 Å². The van der Waals surface area contributed by atoms with E-state index in [9.17, 15) is 9.59 Å². The number of aromatic nitrogens is 1. The quantitative estimate of drug-likeness (QED) is 0.514. The van der Waals surface area contributed by atoms with Crippen molar-refractivity contribution in [1.29, 1.82) is 0 Å². The summed E-state index contributed by atoms with van der Waals surface area (Å²) < 4.78 is 1.08. The molecular weight excluding hydrogens is 354 g/mol. The molecule has 0 aliphatic heterocycles. The van der Waals surface area contributed by atoms with Crippen LogP contribution in [-0.4, -0.2) is 22.6 Å². The van der Waals surface area contributed by atoms with E-state index in [4.69, 9.17) is 5.73 Å². The molecule has 7 heteroatoms. The first-order valence-corrected chi connectivity index (χ1v) is 9.27. The zero-order chi connectivity index (χ0) is 17.6. The first kappa shape index (κ1) is 17.2. The summed E-state index contributed by atoms with van der Waals surface area (Å²) in [5.41, 5.74) is 6.73. The molecule has 1 aromatic heterocycles. The fourth-order valence-electron chi connectivity index (χ4n) is 2.13. The fourth-order valence-corrected chi connectivity index (χ4v) is 3.74. The van der Waals surface area contributed by atoms with Crippen LogP contribution in [0.4, 0.5) is 5.69 Å². The van der Waals surface area contributed by atoms with Gasteiger partial charge in [0, 0.05) is 11.0 Å². The number of hydrogen-bond acceptors (Lipinski definition) is 5. The molecule has 25 heavy (non-hydrogen) atoms. The Morgan fingerprint density at radius 1 is 1.16 bits per heavy atom. The van der Waals surface area contributed by atoms with Crippen molar-refractivity contribution in [3.8, 4) is 0 Å². The second-order valence-corrected chi connectivity index (χ2v) is 7.17. The van der Waals surface area contributed by atoms with Gasteiger partial charge in [-0.05, 0) is 30.3 Å². The molecule has 2 aromatic carbocycles. The number of hydrogen-bond donors (Lipinski definition) is 2. The normalized spacial score (nSPS) is 11.0. The van der Waals surface area contributed by atoms with Crippen LogP contribution in [0.2, 0.25) is 0 Å². The molecule has 0 aliphatic carbocycles. The van der Waals surface area contributed by atoms with Gasteiger partial charge in [0.25, 0.3) is 0 Å². The number of carbonyl (C=O) groups excluding carboxylic acids is 2. The summed E-state index contributed by atoms with van der Waals surface area (Å²) in [7, 11) is 0. The molecule has 0 unspecified atom stereocenters. The van der Waals surface area contributed by atoms with Gasteiger partial charge < -0.3 is 11.1 Å². The summed E-state index contributed by atoms with van der Waals surface area (Å²) in [6.07, 6.45) is 3.15. The Kier molecular flexibility index (Phi) is 5.47. The maximum Gasteiger partial charge on any atom is 0.248 e. The maximum absolute atomic E-state index is 12.2. The summed E-state index contributed by atoms with van der Waals surface area (Å²) in [6.45, 7) is 0. The number of amides is 2. The maximum atomic E-state index is 12.2. The van der Waals surface area contributed by atoms with Gasteiger partial charge >= 0.3 is 0 Å². The number of fused-ring (bicyclic) bond motifs is 1. The molecule has 0 fully saturated rings. The highest BCUT2D eigenvalue weighted by Crippen LogP contribution is 2.27. The van der Waals surface area contributed by atoms with Gasteiger partial charge in [0.15, 0.2) is 0 Å². The minimum absolute atomic E-state index is 0.161. The number of thiazole rings is 1. The molecule has 0 bridgehead atoms. The highest BCUT2D eigenvalue weighted by molar-refractivity contribution is 8.00. The van der Waals surface area contributed by atoms with Crippen molar-refractivity contribution in [2.75, 3.05) is 11.1 Å². The SMILES string of the molecule is NC(=O)CSc1ccccc1NC(=O)C=Cc1nc2ccccc2s1. The highest BCUT2D eigenvalue weighted by Gasteiger charge is 2.07. The number of nitrogens with one attached hydrogen (secondary N) is 1. The molecule has 5 nitrogen and oxygen atoms in total. The lowest BCUT2D eigenvalue weighted by Gasteiger charge is -2.08. The summed E-state index contributed by atoms with van der Waals surface area (Å²) in [5.74, 6) is -0.498. The van der Waals surface area contributed by atoms with Crippen molar-refractivity contribution in [2.24, 2.45) is 5.73 Å². The monoisotopic (exact) mass is 369 g/mol. The number of carbonyl (C=O) groups is 2. The van der Waals surface area contributed by atoms with E-state index in [1.807, 2.05) is 42.5 Å². The standard InChI is InChI=1S/C18H15N3O2S2/c19-16(22)11-24-14-7-3-1-5-12(14)20-17(23)9-10-18-21-13-6-2-4-8-15(13)25-18/h1-10H,11H2,(H2,19,22)(H,20,23). The number of para-hydroxylation sites is 2. The van der Waals surface area contributed by atoms with Crippen LogP contribution in [0.1, 0.15) is 5.01 Å². The predicted octanol–water partition coefficient (Wildman–Crippen LogP) is 3.53. The third-order valence-electron chi connectivity index (χ3n) is 3.20. The van der Waals surface area contributed by atoms with Crippen molar-refractivity contribution in [3.63, 3.8) is 0 Å². The number of thioether (sulfide) groups is 1. The summed E-state index contributed by atoms with van der Waals surface area (Å²) in [6, 6.07) is 15.1. The van der Waals surface area contributed by atoms with Gasteiger partial charge in [-0.2, -0.15) is 0 Å². The number of primary amides is 1. The molecule has 3 rings (SSSR count). The van der Waals surface area contributed by atoms with E-state index in [1.165, 1.54) is 29.2 Å². The lowest BCUT2D eigenvalue weighted by atomic mass is 10.3. The van der Waals surface area contributed by atoms with E-state index in [0.29, 0.717) is 5.69 Å². The number of anilines is 1. The fraction of sp³-hybridized carbons (Fsp3) is 0.0556. The second-order valence-electron chi connectivity index (χ2n) is 5.09. The van der Waals surface area contributed by atoms with E-state index in [1.54, 1.807) is 12.1 Å². The smallest absolute Gasteiger partial charge is 0.248 e. The molecule has 0 saturated carbocycles. The first-order valence-electron chi connectivity index (χ1n) is 7.46. The Labute approximate surface area is 153 Å². The molecule has 0 aliphatic rings. The van der Waals surface area contributed by atoms with E-state index in [2.05, 4.69) is 10.3 Å². The third kappa shape index (κ3) is 4.68. The van der Waals surface area contributed by atoms with Gasteiger partial charge in [0.1, 0.15) is 5.01 Å².